The van der Waals surface area contributed by atoms with Crippen molar-refractivity contribution in [1.29, 1.82) is 0 Å². The minimum absolute atomic E-state index is 0.0292. The molecule has 3 aromatic rings. The molecule has 35 heavy (non-hydrogen) atoms. The van der Waals surface area contributed by atoms with Crippen LogP contribution in [0.4, 0.5) is 11.4 Å². The number of hydrazone groups is 1. The molecule has 0 saturated carbocycles. The summed E-state index contributed by atoms with van der Waals surface area (Å²) in [5.41, 5.74) is 5.97. The van der Waals surface area contributed by atoms with Gasteiger partial charge in [0.05, 0.1) is 12.8 Å². The lowest BCUT2D eigenvalue weighted by molar-refractivity contribution is -0.136. The maximum Gasteiger partial charge on any atom is 0.329 e. The average Bonchev–Trinajstić information content (AvgIpc) is 3.28. The molecule has 0 unspecified atom stereocenters. The summed E-state index contributed by atoms with van der Waals surface area (Å²) in [5.74, 6) is -2.79. The van der Waals surface area contributed by atoms with Crippen LogP contribution in [0.2, 0.25) is 0 Å². The number of anilines is 2. The molecule has 0 radical (unpaired) electrons. The minimum atomic E-state index is -0.944. The molecule has 0 aliphatic rings. The van der Waals surface area contributed by atoms with Gasteiger partial charge in [-0.1, -0.05) is 29.8 Å². The summed E-state index contributed by atoms with van der Waals surface area (Å²) in [4.78, 5) is 48.0. The van der Waals surface area contributed by atoms with Gasteiger partial charge in [-0.25, -0.2) is 5.43 Å². The highest BCUT2D eigenvalue weighted by molar-refractivity contribution is 6.40. The topological polar surface area (TPSA) is 142 Å². The molecule has 4 N–H and O–H groups in total. The summed E-state index contributed by atoms with van der Waals surface area (Å²) < 4.78 is 5.46. The smallest absolute Gasteiger partial charge is 0.329 e. The van der Waals surface area contributed by atoms with Crippen LogP contribution < -0.4 is 21.4 Å². The molecule has 0 aliphatic heterocycles. The summed E-state index contributed by atoms with van der Waals surface area (Å²) in [6, 6.07) is 15.7. The predicted octanol–water partition coefficient (Wildman–Crippen LogP) is 2.55. The second-order valence-electron chi connectivity index (χ2n) is 7.78. The van der Waals surface area contributed by atoms with E-state index in [0.717, 1.165) is 16.7 Å². The zero-order valence-corrected chi connectivity index (χ0v) is 19.5. The number of aryl methyl sites for hydroxylation is 3. The fourth-order valence-electron chi connectivity index (χ4n) is 2.89. The Balaban J connectivity index is 1.44. The van der Waals surface area contributed by atoms with Gasteiger partial charge in [0, 0.05) is 11.4 Å². The van der Waals surface area contributed by atoms with E-state index in [1.807, 2.05) is 45.0 Å². The molecule has 1 aromatic heterocycles. The van der Waals surface area contributed by atoms with E-state index in [-0.39, 0.29) is 12.3 Å². The van der Waals surface area contributed by atoms with Crippen LogP contribution in [0.3, 0.4) is 0 Å². The molecular formula is C25H25N5O5. The molecule has 4 amide bonds. The standard InChI is InChI=1S/C25H25N5O5/c1-15-5-8-18(9-6-15)28-23(32)22(31)26-13-19-10-11-20(35-19)14-27-30-25(34)24(33)29-21-12-16(2)4-7-17(21)3/h4-12,14H,13H2,1-3H3,(H,26,31)(H,28,32)(H,29,33)(H,30,34)/b27-14+. The van der Waals surface area contributed by atoms with Gasteiger partial charge in [0.2, 0.25) is 0 Å². The number of carbonyl (C=O) groups is 4. The summed E-state index contributed by atoms with van der Waals surface area (Å²) in [5, 5.41) is 11.2. The van der Waals surface area contributed by atoms with Gasteiger partial charge in [-0.05, 0) is 62.2 Å². The van der Waals surface area contributed by atoms with Crippen molar-refractivity contribution in [2.45, 2.75) is 27.3 Å². The van der Waals surface area contributed by atoms with Crippen LogP contribution >= 0.6 is 0 Å². The van der Waals surface area contributed by atoms with Crippen LogP contribution in [0.15, 0.2) is 64.1 Å². The Hall–Kier alpha value is -4.73. The van der Waals surface area contributed by atoms with Crippen LogP contribution in [0, 0.1) is 20.8 Å². The lowest BCUT2D eigenvalue weighted by Crippen LogP contribution is -2.34. The summed E-state index contributed by atoms with van der Waals surface area (Å²) in [7, 11) is 0. The van der Waals surface area contributed by atoms with Gasteiger partial charge >= 0.3 is 23.6 Å². The second kappa shape index (κ2) is 11.4. The Morgan fingerprint density at radius 3 is 2.23 bits per heavy atom. The minimum Gasteiger partial charge on any atom is -0.458 e. The Bertz CT molecular complexity index is 1280. The normalized spacial score (nSPS) is 10.6. The highest BCUT2D eigenvalue weighted by Crippen LogP contribution is 2.16. The van der Waals surface area contributed by atoms with Crippen molar-refractivity contribution in [2.75, 3.05) is 10.6 Å². The Kier molecular flexibility index (Phi) is 8.12. The Morgan fingerprint density at radius 1 is 0.800 bits per heavy atom. The highest BCUT2D eigenvalue weighted by atomic mass is 16.3. The van der Waals surface area contributed by atoms with E-state index in [4.69, 9.17) is 4.42 Å². The van der Waals surface area contributed by atoms with Gasteiger partial charge in [0.1, 0.15) is 11.5 Å². The van der Waals surface area contributed by atoms with Crippen molar-refractivity contribution in [3.8, 4) is 0 Å². The molecule has 0 aliphatic carbocycles. The van der Waals surface area contributed by atoms with Crippen molar-refractivity contribution < 1.29 is 23.6 Å². The molecule has 0 fully saturated rings. The van der Waals surface area contributed by atoms with Crippen molar-refractivity contribution >= 4 is 41.2 Å². The monoisotopic (exact) mass is 475 g/mol. The number of benzene rings is 2. The Morgan fingerprint density at radius 2 is 1.49 bits per heavy atom. The van der Waals surface area contributed by atoms with Gasteiger partial charge in [-0.2, -0.15) is 5.10 Å². The van der Waals surface area contributed by atoms with E-state index < -0.39 is 23.6 Å². The quantitative estimate of drug-likeness (QED) is 0.246. The van der Waals surface area contributed by atoms with Gasteiger partial charge in [0.15, 0.2) is 0 Å². The molecule has 10 nitrogen and oxygen atoms in total. The molecule has 0 bridgehead atoms. The molecule has 0 spiro atoms. The lowest BCUT2D eigenvalue weighted by atomic mass is 10.1. The Labute approximate surface area is 201 Å². The molecule has 0 atom stereocenters. The van der Waals surface area contributed by atoms with Crippen LogP contribution in [-0.2, 0) is 25.7 Å². The second-order valence-corrected chi connectivity index (χ2v) is 7.78. The third-order valence-corrected chi connectivity index (χ3v) is 4.83. The number of hydrogen-bond acceptors (Lipinski definition) is 6. The van der Waals surface area contributed by atoms with E-state index in [2.05, 4.69) is 26.5 Å². The van der Waals surface area contributed by atoms with E-state index in [1.165, 1.54) is 6.21 Å². The van der Waals surface area contributed by atoms with Crippen molar-refractivity contribution in [1.82, 2.24) is 10.7 Å². The van der Waals surface area contributed by atoms with Gasteiger partial charge in [0.25, 0.3) is 0 Å². The van der Waals surface area contributed by atoms with Crippen molar-refractivity contribution in [3.05, 3.63) is 82.8 Å². The van der Waals surface area contributed by atoms with Gasteiger partial charge in [-0.3, -0.25) is 19.2 Å². The van der Waals surface area contributed by atoms with E-state index in [1.54, 1.807) is 30.3 Å². The number of furan rings is 1. The third kappa shape index (κ3) is 7.39. The highest BCUT2D eigenvalue weighted by Gasteiger charge is 2.15. The number of carbonyl (C=O) groups excluding carboxylic acids is 4. The van der Waals surface area contributed by atoms with Crippen LogP contribution in [0.1, 0.15) is 28.2 Å². The summed E-state index contributed by atoms with van der Waals surface area (Å²) in [6.07, 6.45) is 1.21. The fourth-order valence-corrected chi connectivity index (χ4v) is 2.89. The zero-order chi connectivity index (χ0) is 25.4. The summed E-state index contributed by atoms with van der Waals surface area (Å²) >= 11 is 0. The number of hydrogen-bond donors (Lipinski definition) is 4. The van der Waals surface area contributed by atoms with Crippen LogP contribution in [-0.4, -0.2) is 29.8 Å². The van der Waals surface area contributed by atoms with Crippen LogP contribution in [0.25, 0.3) is 0 Å². The molecule has 180 valence electrons. The zero-order valence-electron chi connectivity index (χ0n) is 19.5. The molecule has 0 saturated heterocycles. The van der Waals surface area contributed by atoms with Crippen molar-refractivity contribution in [2.24, 2.45) is 5.10 Å². The maximum absolute atomic E-state index is 12.1. The van der Waals surface area contributed by atoms with Gasteiger partial charge in [-0.15, -0.1) is 0 Å². The van der Waals surface area contributed by atoms with E-state index >= 15 is 0 Å². The number of rotatable bonds is 6. The molecule has 2 aromatic carbocycles. The first-order valence-electron chi connectivity index (χ1n) is 10.7. The fraction of sp³-hybridized carbons (Fsp3) is 0.160. The molecule has 1 heterocycles. The first-order valence-corrected chi connectivity index (χ1v) is 10.7. The van der Waals surface area contributed by atoms with E-state index in [9.17, 15) is 19.2 Å². The number of amides is 4. The number of nitrogens with one attached hydrogen (secondary N) is 4. The number of nitrogens with zero attached hydrogens (tertiary/aromatic N) is 1. The van der Waals surface area contributed by atoms with Crippen LogP contribution in [0.5, 0.6) is 0 Å². The maximum atomic E-state index is 12.1. The average molecular weight is 476 g/mol. The van der Waals surface area contributed by atoms with Gasteiger partial charge < -0.3 is 20.4 Å². The summed E-state index contributed by atoms with van der Waals surface area (Å²) in [6.45, 7) is 5.58. The van der Waals surface area contributed by atoms with Crippen molar-refractivity contribution in [3.63, 3.8) is 0 Å². The molecule has 3 rings (SSSR count). The predicted molar refractivity (Wildman–Crippen MR) is 131 cm³/mol. The first-order chi connectivity index (χ1) is 16.7. The van der Waals surface area contributed by atoms with E-state index in [0.29, 0.717) is 17.1 Å². The molecule has 10 heteroatoms. The largest absolute Gasteiger partial charge is 0.458 e. The first kappa shape index (κ1) is 24.9. The third-order valence-electron chi connectivity index (χ3n) is 4.83. The lowest BCUT2D eigenvalue weighted by Gasteiger charge is -2.08. The SMILES string of the molecule is Cc1ccc(NC(=O)C(=O)NCc2ccc(/C=N/NC(=O)C(=O)Nc3cc(C)ccc3C)o2)cc1. The molecular weight excluding hydrogens is 450 g/mol.